The molecule has 2 aliphatic heterocycles. The van der Waals surface area contributed by atoms with Gasteiger partial charge in [0.15, 0.2) is 11.5 Å². The quantitative estimate of drug-likeness (QED) is 0.273. The van der Waals surface area contributed by atoms with Crippen molar-refractivity contribution < 1.29 is 32.2 Å². The number of carbonyl (C=O) groups is 2. The molecule has 2 heterocycles. The molecule has 2 aliphatic rings. The molecule has 0 aliphatic carbocycles. The van der Waals surface area contributed by atoms with Crippen LogP contribution in [0.3, 0.4) is 0 Å². The average Bonchev–Trinajstić information content (AvgIpc) is 3.30. The average molecular weight is 607 g/mol. The Hall–Kier alpha value is -4.42. The van der Waals surface area contributed by atoms with Gasteiger partial charge < -0.3 is 24.4 Å². The summed E-state index contributed by atoms with van der Waals surface area (Å²) in [6.45, 7) is 3.66. The summed E-state index contributed by atoms with van der Waals surface area (Å²) in [5.74, 6) is -0.410. The van der Waals surface area contributed by atoms with E-state index in [2.05, 4.69) is 5.32 Å². The zero-order chi connectivity index (χ0) is 30.7. The van der Waals surface area contributed by atoms with Gasteiger partial charge in [-0.1, -0.05) is 6.07 Å². The zero-order valence-electron chi connectivity index (χ0n) is 24.5. The number of fused-ring (bicyclic) bond motifs is 2. The van der Waals surface area contributed by atoms with E-state index in [-0.39, 0.29) is 12.5 Å². The third-order valence-corrected chi connectivity index (χ3v) is 8.24. The number of carbonyl (C=O) groups excluding carboxylic acids is 2. The summed E-state index contributed by atoms with van der Waals surface area (Å²) in [4.78, 5) is 32.6. The van der Waals surface area contributed by atoms with Crippen LogP contribution in [-0.4, -0.2) is 84.2 Å². The summed E-state index contributed by atoms with van der Waals surface area (Å²) in [6, 6.07) is 17.2. The van der Waals surface area contributed by atoms with E-state index in [1.54, 1.807) is 61.5 Å². The fourth-order valence-corrected chi connectivity index (χ4v) is 5.90. The van der Waals surface area contributed by atoms with Crippen LogP contribution < -0.4 is 19.1 Å². The highest BCUT2D eigenvalue weighted by Gasteiger charge is 2.36. The first kappa shape index (κ1) is 30.1. The van der Waals surface area contributed by atoms with Crippen molar-refractivity contribution in [2.45, 2.75) is 12.8 Å². The summed E-state index contributed by atoms with van der Waals surface area (Å²) in [7, 11) is 0.254. The predicted molar refractivity (Wildman–Crippen MR) is 165 cm³/mol. The minimum Gasteiger partial charge on any atom is -0.486 e. The third-order valence-electron chi connectivity index (χ3n) is 7.04. The minimum atomic E-state index is -3.51. The number of amides is 1. The molecular formula is C31H34N4O7S. The Kier molecular flexibility index (Phi) is 8.69. The molecule has 1 N–H and O–H groups in total. The van der Waals surface area contributed by atoms with Crippen LogP contribution in [-0.2, 0) is 19.6 Å². The van der Waals surface area contributed by atoms with E-state index in [1.807, 2.05) is 25.1 Å². The van der Waals surface area contributed by atoms with E-state index in [9.17, 15) is 18.0 Å². The highest BCUT2D eigenvalue weighted by Crippen LogP contribution is 2.39. The number of benzene rings is 3. The number of nitrogens with one attached hydrogen (secondary N) is 1. The third kappa shape index (κ3) is 6.65. The Morgan fingerprint density at radius 2 is 1.67 bits per heavy atom. The van der Waals surface area contributed by atoms with Crippen molar-refractivity contribution in [2.24, 2.45) is 4.99 Å². The van der Waals surface area contributed by atoms with Crippen molar-refractivity contribution in [3.63, 3.8) is 0 Å². The number of hydrogen-bond donors (Lipinski definition) is 1. The second kappa shape index (κ2) is 12.4. The highest BCUT2D eigenvalue weighted by atomic mass is 32.2. The van der Waals surface area contributed by atoms with E-state index in [1.165, 1.54) is 10.6 Å². The first-order chi connectivity index (χ1) is 20.5. The SMILES string of the molecule is CCOC(=O)c1ccc2c(c1)NC(=O)C2C(=Nc1ccc(N(CCN(C)C)S(C)(=O)=O)cc1)c1ccc2c(c1)OCCO2. The first-order valence-electron chi connectivity index (χ1n) is 13.9. The molecule has 3 aromatic rings. The van der Waals surface area contributed by atoms with Gasteiger partial charge in [0.1, 0.15) is 19.1 Å². The van der Waals surface area contributed by atoms with Crippen molar-refractivity contribution in [3.05, 3.63) is 77.4 Å². The molecule has 11 nitrogen and oxygen atoms in total. The van der Waals surface area contributed by atoms with Gasteiger partial charge in [-0.25, -0.2) is 13.2 Å². The van der Waals surface area contributed by atoms with Gasteiger partial charge in [0.25, 0.3) is 0 Å². The number of nitrogens with zero attached hydrogens (tertiary/aromatic N) is 3. The Morgan fingerprint density at radius 3 is 2.35 bits per heavy atom. The van der Waals surface area contributed by atoms with Crippen LogP contribution in [0, 0.1) is 0 Å². The molecular weight excluding hydrogens is 572 g/mol. The molecule has 0 saturated carbocycles. The maximum absolute atomic E-state index is 13.5. The van der Waals surface area contributed by atoms with Crippen LogP contribution in [0.5, 0.6) is 11.5 Å². The molecule has 1 amide bonds. The lowest BCUT2D eigenvalue weighted by Crippen LogP contribution is -2.35. The number of esters is 1. The van der Waals surface area contributed by atoms with E-state index < -0.39 is 21.9 Å². The van der Waals surface area contributed by atoms with Crippen molar-refractivity contribution >= 4 is 44.7 Å². The molecule has 0 bridgehead atoms. The molecule has 1 unspecified atom stereocenters. The van der Waals surface area contributed by atoms with Crippen molar-refractivity contribution in [1.29, 1.82) is 0 Å². The molecule has 1 atom stereocenters. The summed E-state index contributed by atoms with van der Waals surface area (Å²) in [5, 5.41) is 2.89. The summed E-state index contributed by atoms with van der Waals surface area (Å²) < 4.78 is 43.0. The van der Waals surface area contributed by atoms with Gasteiger partial charge >= 0.3 is 5.97 Å². The van der Waals surface area contributed by atoms with Gasteiger partial charge in [0.05, 0.1) is 35.5 Å². The van der Waals surface area contributed by atoms with Crippen molar-refractivity contribution in [3.8, 4) is 11.5 Å². The Balaban J connectivity index is 1.56. The van der Waals surface area contributed by atoms with Crippen molar-refractivity contribution in [1.82, 2.24) is 4.90 Å². The Bertz CT molecular complexity index is 1670. The number of rotatable bonds is 10. The largest absolute Gasteiger partial charge is 0.486 e. The predicted octanol–water partition coefficient (Wildman–Crippen LogP) is 3.82. The molecule has 0 fully saturated rings. The lowest BCUT2D eigenvalue weighted by atomic mass is 9.90. The normalized spacial score (nSPS) is 16.1. The second-order valence-electron chi connectivity index (χ2n) is 10.5. The molecule has 0 aromatic heterocycles. The fourth-order valence-electron chi connectivity index (χ4n) is 4.98. The number of aliphatic imine (C=N–C) groups is 1. The van der Waals surface area contributed by atoms with E-state index in [0.29, 0.717) is 77.3 Å². The van der Waals surface area contributed by atoms with Crippen LogP contribution in [0.1, 0.15) is 34.3 Å². The topological polar surface area (TPSA) is 127 Å². The monoisotopic (exact) mass is 606 g/mol. The maximum atomic E-state index is 13.5. The Labute approximate surface area is 251 Å². The summed E-state index contributed by atoms with van der Waals surface area (Å²) in [5.41, 5.74) is 3.65. The van der Waals surface area contributed by atoms with Crippen LogP contribution in [0.25, 0.3) is 0 Å². The molecule has 3 aromatic carbocycles. The standard InChI is InChI=1S/C31H34N4O7S/c1-5-40-31(37)21-6-12-24-25(18-21)33-30(36)28(24)29(20-7-13-26-27(19-20)42-17-16-41-26)32-22-8-10-23(11-9-22)35(43(4,38)39)15-14-34(2)3/h6-13,18-19,28H,5,14-17H2,1-4H3,(H,33,36). The van der Waals surface area contributed by atoms with Gasteiger partial charge in [-0.15, -0.1) is 0 Å². The molecule has 0 spiro atoms. The number of anilines is 2. The van der Waals surface area contributed by atoms with E-state index in [0.717, 1.165) is 0 Å². The van der Waals surface area contributed by atoms with Crippen LogP contribution >= 0.6 is 0 Å². The first-order valence-corrected chi connectivity index (χ1v) is 15.7. The number of sulfonamides is 1. The lowest BCUT2D eigenvalue weighted by molar-refractivity contribution is -0.115. The van der Waals surface area contributed by atoms with Crippen molar-refractivity contribution in [2.75, 3.05) is 62.9 Å². The highest BCUT2D eigenvalue weighted by molar-refractivity contribution is 7.92. The van der Waals surface area contributed by atoms with Gasteiger partial charge in [0, 0.05) is 24.3 Å². The van der Waals surface area contributed by atoms with E-state index >= 15 is 0 Å². The number of hydrogen-bond acceptors (Lipinski definition) is 9. The zero-order valence-corrected chi connectivity index (χ0v) is 25.3. The molecule has 0 radical (unpaired) electrons. The lowest BCUT2D eigenvalue weighted by Gasteiger charge is -2.24. The van der Waals surface area contributed by atoms with Gasteiger partial charge in [0.2, 0.25) is 15.9 Å². The maximum Gasteiger partial charge on any atom is 0.338 e. The van der Waals surface area contributed by atoms with Gasteiger partial charge in [-0.2, -0.15) is 0 Å². The molecule has 226 valence electrons. The van der Waals surface area contributed by atoms with Gasteiger partial charge in [-0.05, 0) is 81.2 Å². The number of ether oxygens (including phenoxy) is 3. The minimum absolute atomic E-state index is 0.238. The summed E-state index contributed by atoms with van der Waals surface area (Å²) >= 11 is 0. The molecule has 5 rings (SSSR count). The van der Waals surface area contributed by atoms with Gasteiger partial charge in [-0.3, -0.25) is 14.1 Å². The second-order valence-corrected chi connectivity index (χ2v) is 12.4. The van der Waals surface area contributed by atoms with Crippen LogP contribution in [0.15, 0.2) is 65.7 Å². The van der Waals surface area contributed by atoms with E-state index in [4.69, 9.17) is 19.2 Å². The Morgan fingerprint density at radius 1 is 0.977 bits per heavy atom. The smallest absolute Gasteiger partial charge is 0.338 e. The van der Waals surface area contributed by atoms with Crippen LogP contribution in [0.2, 0.25) is 0 Å². The summed E-state index contributed by atoms with van der Waals surface area (Å²) in [6.07, 6.45) is 1.18. The van der Waals surface area contributed by atoms with Crippen LogP contribution in [0.4, 0.5) is 17.1 Å². The number of likely N-dealkylation sites (N-methyl/N-ethyl adjacent to an activating group) is 1. The molecule has 12 heteroatoms. The molecule has 43 heavy (non-hydrogen) atoms. The molecule has 0 saturated heterocycles. The fraction of sp³-hybridized carbons (Fsp3) is 0.323.